The Labute approximate surface area is 133 Å². The van der Waals surface area contributed by atoms with E-state index in [9.17, 15) is 0 Å². The van der Waals surface area contributed by atoms with E-state index < -0.39 is 0 Å². The van der Waals surface area contributed by atoms with Gasteiger partial charge in [0.2, 0.25) is 0 Å². The molecule has 3 heteroatoms. The Bertz CT molecular complexity index is 427. The van der Waals surface area contributed by atoms with Crippen molar-refractivity contribution >= 4 is 23.2 Å². The first-order valence-corrected chi connectivity index (χ1v) is 8.58. The van der Waals surface area contributed by atoms with Gasteiger partial charge in [-0.2, -0.15) is 0 Å². The lowest BCUT2D eigenvalue weighted by atomic mass is 9.84. The molecule has 1 aliphatic carbocycles. The molecule has 1 aliphatic rings. The van der Waals surface area contributed by atoms with Crippen LogP contribution in [0.5, 0.6) is 0 Å². The quantitative estimate of drug-likeness (QED) is 0.702. The Morgan fingerprint density at radius 2 is 1.85 bits per heavy atom. The second-order valence-corrected chi connectivity index (χ2v) is 6.80. The van der Waals surface area contributed by atoms with E-state index in [1.165, 1.54) is 37.7 Å². The van der Waals surface area contributed by atoms with Crippen molar-refractivity contribution in [2.45, 2.75) is 64.5 Å². The maximum absolute atomic E-state index is 6.14. The first kappa shape index (κ1) is 16.1. The minimum atomic E-state index is 0.363. The summed E-state index contributed by atoms with van der Waals surface area (Å²) in [4.78, 5) is 0. The highest BCUT2D eigenvalue weighted by Gasteiger charge is 2.22. The highest BCUT2D eigenvalue weighted by Crippen LogP contribution is 2.30. The monoisotopic (exact) mass is 313 g/mol. The standard InChI is InChI=1S/C17H25Cl2N/c1-3-17(14-9-10-15(18)16(19)11-14)20-12(2)13-7-5-4-6-8-13/h9-13,17,20H,3-8H2,1-2H3/t12-,17?/m0/s1. The lowest BCUT2D eigenvalue weighted by Gasteiger charge is -2.31. The Kier molecular flexibility index (Phi) is 6.20. The summed E-state index contributed by atoms with van der Waals surface area (Å²) in [5, 5.41) is 5.08. The Morgan fingerprint density at radius 1 is 1.15 bits per heavy atom. The fraction of sp³-hybridized carbons (Fsp3) is 0.647. The summed E-state index contributed by atoms with van der Waals surface area (Å²) in [5.41, 5.74) is 1.24. The number of hydrogen-bond donors (Lipinski definition) is 1. The van der Waals surface area contributed by atoms with E-state index in [4.69, 9.17) is 23.2 Å². The minimum absolute atomic E-state index is 0.363. The van der Waals surface area contributed by atoms with Crippen molar-refractivity contribution in [3.8, 4) is 0 Å². The summed E-state index contributed by atoms with van der Waals surface area (Å²) in [6, 6.07) is 6.91. The van der Waals surface area contributed by atoms with Crippen molar-refractivity contribution in [1.29, 1.82) is 0 Å². The van der Waals surface area contributed by atoms with Gasteiger partial charge in [-0.05, 0) is 49.8 Å². The number of rotatable bonds is 5. The average Bonchev–Trinajstić information content (AvgIpc) is 2.48. The van der Waals surface area contributed by atoms with Crippen molar-refractivity contribution in [1.82, 2.24) is 5.32 Å². The number of hydrogen-bond acceptors (Lipinski definition) is 1. The second kappa shape index (κ2) is 7.68. The van der Waals surface area contributed by atoms with E-state index in [0.717, 1.165) is 12.3 Å². The molecule has 112 valence electrons. The van der Waals surface area contributed by atoms with Gasteiger partial charge in [0.05, 0.1) is 10.0 Å². The van der Waals surface area contributed by atoms with Gasteiger partial charge < -0.3 is 5.32 Å². The largest absolute Gasteiger partial charge is 0.307 e. The minimum Gasteiger partial charge on any atom is -0.307 e. The third-order valence-electron chi connectivity index (χ3n) is 4.58. The molecule has 0 aromatic heterocycles. The molecule has 0 heterocycles. The molecule has 1 fully saturated rings. The summed E-state index contributed by atoms with van der Waals surface area (Å²) in [5.74, 6) is 0.820. The van der Waals surface area contributed by atoms with E-state index in [0.29, 0.717) is 22.1 Å². The van der Waals surface area contributed by atoms with Gasteiger partial charge in [-0.1, -0.05) is 55.5 Å². The van der Waals surface area contributed by atoms with Crippen LogP contribution in [0.15, 0.2) is 18.2 Å². The SMILES string of the molecule is CCC(N[C@@H](C)C1CCCCC1)c1ccc(Cl)c(Cl)c1. The van der Waals surface area contributed by atoms with E-state index in [-0.39, 0.29) is 0 Å². The lowest BCUT2D eigenvalue weighted by Crippen LogP contribution is -2.37. The molecule has 20 heavy (non-hydrogen) atoms. The molecule has 1 aromatic rings. The molecule has 1 aromatic carbocycles. The smallest absolute Gasteiger partial charge is 0.0595 e. The summed E-state index contributed by atoms with van der Waals surface area (Å²) in [6.07, 6.45) is 7.99. The third kappa shape index (κ3) is 4.13. The molecule has 0 spiro atoms. The maximum Gasteiger partial charge on any atom is 0.0595 e. The molecule has 0 amide bonds. The van der Waals surface area contributed by atoms with Crippen LogP contribution in [0.3, 0.4) is 0 Å². The topological polar surface area (TPSA) is 12.0 Å². The summed E-state index contributed by atoms with van der Waals surface area (Å²) < 4.78 is 0. The molecule has 1 N–H and O–H groups in total. The fourth-order valence-corrected chi connectivity index (χ4v) is 3.57. The third-order valence-corrected chi connectivity index (χ3v) is 5.31. The van der Waals surface area contributed by atoms with Crippen molar-refractivity contribution in [3.63, 3.8) is 0 Å². The van der Waals surface area contributed by atoms with E-state index in [1.807, 2.05) is 12.1 Å². The maximum atomic E-state index is 6.14. The molecule has 1 nitrogen and oxygen atoms in total. The molecule has 1 saturated carbocycles. The Morgan fingerprint density at radius 3 is 2.45 bits per heavy atom. The van der Waals surface area contributed by atoms with Gasteiger partial charge in [0.15, 0.2) is 0 Å². The predicted octanol–water partition coefficient (Wildman–Crippen LogP) is 6.00. The molecule has 2 atom stereocenters. The van der Waals surface area contributed by atoms with Crippen molar-refractivity contribution in [2.75, 3.05) is 0 Å². The first-order valence-electron chi connectivity index (χ1n) is 7.82. The molecular weight excluding hydrogens is 289 g/mol. The zero-order valence-corrected chi connectivity index (χ0v) is 14.0. The first-order chi connectivity index (χ1) is 9.61. The normalized spacial score (nSPS) is 19.8. The van der Waals surface area contributed by atoms with E-state index in [1.54, 1.807) is 0 Å². The van der Waals surface area contributed by atoms with Crippen LogP contribution in [-0.2, 0) is 0 Å². The van der Waals surface area contributed by atoms with Crippen LogP contribution >= 0.6 is 23.2 Å². The number of benzene rings is 1. The number of halogens is 2. The molecule has 1 unspecified atom stereocenters. The van der Waals surface area contributed by atoms with Gasteiger partial charge in [-0.15, -0.1) is 0 Å². The molecule has 2 rings (SSSR count). The summed E-state index contributed by atoms with van der Waals surface area (Å²) in [6.45, 7) is 4.55. The molecule has 0 saturated heterocycles. The van der Waals surface area contributed by atoms with Crippen LogP contribution in [0, 0.1) is 5.92 Å². The molecular formula is C17H25Cl2N. The summed E-state index contributed by atoms with van der Waals surface area (Å²) >= 11 is 12.1. The van der Waals surface area contributed by atoms with Crippen LogP contribution in [0.4, 0.5) is 0 Å². The van der Waals surface area contributed by atoms with E-state index >= 15 is 0 Å². The molecule has 0 radical (unpaired) electrons. The van der Waals surface area contributed by atoms with Crippen LogP contribution < -0.4 is 5.32 Å². The van der Waals surface area contributed by atoms with Crippen LogP contribution in [0.2, 0.25) is 10.0 Å². The van der Waals surface area contributed by atoms with Gasteiger partial charge in [0.25, 0.3) is 0 Å². The van der Waals surface area contributed by atoms with Gasteiger partial charge >= 0.3 is 0 Å². The highest BCUT2D eigenvalue weighted by molar-refractivity contribution is 6.42. The van der Waals surface area contributed by atoms with Gasteiger partial charge in [-0.25, -0.2) is 0 Å². The zero-order valence-electron chi connectivity index (χ0n) is 12.5. The predicted molar refractivity (Wildman–Crippen MR) is 88.7 cm³/mol. The zero-order chi connectivity index (χ0) is 14.5. The van der Waals surface area contributed by atoms with Gasteiger partial charge in [-0.3, -0.25) is 0 Å². The Hall–Kier alpha value is -0.240. The summed E-state index contributed by atoms with van der Waals surface area (Å²) in [7, 11) is 0. The molecule has 0 bridgehead atoms. The average molecular weight is 314 g/mol. The highest BCUT2D eigenvalue weighted by atomic mass is 35.5. The van der Waals surface area contributed by atoms with Gasteiger partial charge in [0, 0.05) is 12.1 Å². The van der Waals surface area contributed by atoms with Crippen molar-refractivity contribution in [2.24, 2.45) is 5.92 Å². The number of nitrogens with one attached hydrogen (secondary N) is 1. The lowest BCUT2D eigenvalue weighted by molar-refractivity contribution is 0.262. The fourth-order valence-electron chi connectivity index (χ4n) is 3.27. The van der Waals surface area contributed by atoms with Crippen molar-refractivity contribution < 1.29 is 0 Å². The molecule has 0 aliphatic heterocycles. The van der Waals surface area contributed by atoms with Gasteiger partial charge in [0.1, 0.15) is 0 Å². The second-order valence-electron chi connectivity index (χ2n) is 5.99. The Balaban J connectivity index is 2.02. The van der Waals surface area contributed by atoms with Crippen LogP contribution in [-0.4, -0.2) is 6.04 Å². The van der Waals surface area contributed by atoms with Crippen LogP contribution in [0.25, 0.3) is 0 Å². The van der Waals surface area contributed by atoms with Crippen LogP contribution in [0.1, 0.15) is 64.0 Å². The van der Waals surface area contributed by atoms with Crippen molar-refractivity contribution in [3.05, 3.63) is 33.8 Å². The van der Waals surface area contributed by atoms with E-state index in [2.05, 4.69) is 25.2 Å².